The van der Waals surface area contributed by atoms with Crippen LogP contribution in [0.1, 0.15) is 19.4 Å². The molecule has 1 aromatic rings. The lowest BCUT2D eigenvalue weighted by Crippen LogP contribution is -1.86. The summed E-state index contributed by atoms with van der Waals surface area (Å²) in [6.45, 7) is 4.04. The number of methoxy groups -OCH3 is 1. The normalized spacial score (nSPS) is 12.2. The standard InChI is InChI=1S/C11H14O/c1-9(10(2)12-3)11-7-5-4-6-8-11/h4-8H,1-3H3. The van der Waals surface area contributed by atoms with Gasteiger partial charge in [0.1, 0.15) is 0 Å². The lowest BCUT2D eigenvalue weighted by Gasteiger charge is -2.05. The molecule has 64 valence electrons. The Kier molecular flexibility index (Phi) is 2.92. The lowest BCUT2D eigenvalue weighted by atomic mass is 10.1. The molecule has 0 saturated carbocycles. The van der Waals surface area contributed by atoms with E-state index in [-0.39, 0.29) is 0 Å². The molecule has 1 nitrogen and oxygen atoms in total. The molecule has 1 aromatic carbocycles. The second-order valence-corrected chi connectivity index (χ2v) is 2.75. The van der Waals surface area contributed by atoms with Crippen LogP contribution in [0.4, 0.5) is 0 Å². The van der Waals surface area contributed by atoms with Crippen LogP contribution in [0, 0.1) is 0 Å². The maximum atomic E-state index is 5.15. The summed E-state index contributed by atoms with van der Waals surface area (Å²) >= 11 is 0. The molecule has 0 heterocycles. The zero-order chi connectivity index (χ0) is 8.97. The molecule has 0 amide bonds. The summed E-state index contributed by atoms with van der Waals surface area (Å²) in [5, 5.41) is 0. The van der Waals surface area contributed by atoms with Gasteiger partial charge >= 0.3 is 0 Å². The molecule has 0 atom stereocenters. The molecular weight excluding hydrogens is 148 g/mol. The Labute approximate surface area is 73.7 Å². The third-order valence-electron chi connectivity index (χ3n) is 2.04. The van der Waals surface area contributed by atoms with Crippen molar-refractivity contribution >= 4 is 5.57 Å². The van der Waals surface area contributed by atoms with Crippen molar-refractivity contribution in [1.29, 1.82) is 0 Å². The Morgan fingerprint density at radius 1 is 1.08 bits per heavy atom. The van der Waals surface area contributed by atoms with Gasteiger partial charge in [0.25, 0.3) is 0 Å². The molecule has 0 aliphatic heterocycles. The summed E-state index contributed by atoms with van der Waals surface area (Å²) in [7, 11) is 1.70. The first-order valence-corrected chi connectivity index (χ1v) is 4.02. The van der Waals surface area contributed by atoms with E-state index < -0.39 is 0 Å². The number of allylic oxidation sites excluding steroid dienone is 2. The van der Waals surface area contributed by atoms with E-state index in [1.165, 1.54) is 11.1 Å². The van der Waals surface area contributed by atoms with Gasteiger partial charge in [-0.15, -0.1) is 0 Å². The Balaban J connectivity index is 3.00. The molecule has 0 aliphatic rings. The molecule has 0 bridgehead atoms. The molecule has 1 heteroatoms. The minimum Gasteiger partial charge on any atom is -0.501 e. The van der Waals surface area contributed by atoms with Crippen LogP contribution in [0.5, 0.6) is 0 Å². The average molecular weight is 162 g/mol. The van der Waals surface area contributed by atoms with Crippen LogP contribution in [-0.2, 0) is 4.74 Å². The zero-order valence-electron chi connectivity index (χ0n) is 7.79. The van der Waals surface area contributed by atoms with Crippen molar-refractivity contribution in [2.24, 2.45) is 0 Å². The first-order chi connectivity index (χ1) is 5.75. The van der Waals surface area contributed by atoms with E-state index in [1.54, 1.807) is 7.11 Å². The molecule has 0 aromatic heterocycles. The highest BCUT2D eigenvalue weighted by Gasteiger charge is 1.98. The van der Waals surface area contributed by atoms with Crippen molar-refractivity contribution in [2.75, 3.05) is 7.11 Å². The second kappa shape index (κ2) is 3.96. The fourth-order valence-corrected chi connectivity index (χ4v) is 1.04. The Hall–Kier alpha value is -1.24. The molecule has 0 fully saturated rings. The van der Waals surface area contributed by atoms with Gasteiger partial charge in [0.15, 0.2) is 0 Å². The summed E-state index contributed by atoms with van der Waals surface area (Å²) in [4.78, 5) is 0. The van der Waals surface area contributed by atoms with E-state index in [0.29, 0.717) is 0 Å². The number of rotatable bonds is 2. The van der Waals surface area contributed by atoms with Gasteiger partial charge in [-0.05, 0) is 25.0 Å². The molecule has 0 unspecified atom stereocenters. The second-order valence-electron chi connectivity index (χ2n) is 2.75. The topological polar surface area (TPSA) is 9.23 Å². The monoisotopic (exact) mass is 162 g/mol. The largest absolute Gasteiger partial charge is 0.501 e. The molecule has 0 radical (unpaired) electrons. The lowest BCUT2D eigenvalue weighted by molar-refractivity contribution is 0.295. The SMILES string of the molecule is COC(C)=C(C)c1ccccc1. The summed E-state index contributed by atoms with van der Waals surface area (Å²) in [5.74, 6) is 0.973. The summed E-state index contributed by atoms with van der Waals surface area (Å²) in [6, 6.07) is 10.2. The highest BCUT2D eigenvalue weighted by molar-refractivity contribution is 5.64. The molecule has 0 N–H and O–H groups in total. The molecular formula is C11H14O. The first kappa shape index (κ1) is 8.85. The third-order valence-corrected chi connectivity index (χ3v) is 2.04. The maximum absolute atomic E-state index is 5.15. The van der Waals surface area contributed by atoms with E-state index in [4.69, 9.17) is 4.74 Å². The van der Waals surface area contributed by atoms with Crippen LogP contribution in [0.15, 0.2) is 36.1 Å². The van der Waals surface area contributed by atoms with Crippen molar-refractivity contribution in [1.82, 2.24) is 0 Å². The van der Waals surface area contributed by atoms with E-state index in [2.05, 4.69) is 19.1 Å². The smallest absolute Gasteiger partial charge is 0.0959 e. The van der Waals surface area contributed by atoms with Crippen molar-refractivity contribution in [3.05, 3.63) is 41.7 Å². The zero-order valence-corrected chi connectivity index (χ0v) is 7.79. The van der Waals surface area contributed by atoms with Gasteiger partial charge < -0.3 is 4.74 Å². The van der Waals surface area contributed by atoms with E-state index in [0.717, 1.165) is 5.76 Å². The van der Waals surface area contributed by atoms with Crippen LogP contribution in [0.3, 0.4) is 0 Å². The van der Waals surface area contributed by atoms with Crippen molar-refractivity contribution in [3.63, 3.8) is 0 Å². The van der Waals surface area contributed by atoms with Crippen molar-refractivity contribution < 1.29 is 4.74 Å². The Bertz CT molecular complexity index is 272. The number of hydrogen-bond acceptors (Lipinski definition) is 1. The van der Waals surface area contributed by atoms with Crippen LogP contribution < -0.4 is 0 Å². The van der Waals surface area contributed by atoms with Gasteiger partial charge in [0.2, 0.25) is 0 Å². The number of hydrogen-bond donors (Lipinski definition) is 0. The van der Waals surface area contributed by atoms with E-state index in [1.807, 2.05) is 25.1 Å². The summed E-state index contributed by atoms with van der Waals surface area (Å²) < 4.78 is 5.15. The minimum absolute atomic E-state index is 0.973. The van der Waals surface area contributed by atoms with Crippen LogP contribution in [0.25, 0.3) is 5.57 Å². The van der Waals surface area contributed by atoms with Crippen molar-refractivity contribution in [3.8, 4) is 0 Å². The molecule has 0 spiro atoms. The van der Waals surface area contributed by atoms with E-state index >= 15 is 0 Å². The minimum atomic E-state index is 0.973. The maximum Gasteiger partial charge on any atom is 0.0959 e. The number of ether oxygens (including phenoxy) is 1. The van der Waals surface area contributed by atoms with Gasteiger partial charge in [0, 0.05) is 0 Å². The van der Waals surface area contributed by atoms with Crippen LogP contribution >= 0.6 is 0 Å². The van der Waals surface area contributed by atoms with Gasteiger partial charge in [-0.25, -0.2) is 0 Å². The fraction of sp³-hybridized carbons (Fsp3) is 0.273. The van der Waals surface area contributed by atoms with Gasteiger partial charge in [-0.3, -0.25) is 0 Å². The average Bonchev–Trinajstić information content (AvgIpc) is 2.17. The molecule has 0 aliphatic carbocycles. The number of benzene rings is 1. The van der Waals surface area contributed by atoms with Crippen LogP contribution in [0.2, 0.25) is 0 Å². The fourth-order valence-electron chi connectivity index (χ4n) is 1.04. The molecule has 0 saturated heterocycles. The van der Waals surface area contributed by atoms with Gasteiger partial charge in [-0.2, -0.15) is 0 Å². The van der Waals surface area contributed by atoms with Gasteiger partial charge in [-0.1, -0.05) is 30.3 Å². The third kappa shape index (κ3) is 1.88. The quantitative estimate of drug-likeness (QED) is 0.607. The highest BCUT2D eigenvalue weighted by Crippen LogP contribution is 2.17. The highest BCUT2D eigenvalue weighted by atomic mass is 16.5. The summed E-state index contributed by atoms with van der Waals surface area (Å²) in [5.41, 5.74) is 2.41. The molecule has 12 heavy (non-hydrogen) atoms. The predicted molar refractivity (Wildman–Crippen MR) is 51.7 cm³/mol. The van der Waals surface area contributed by atoms with Crippen LogP contribution in [-0.4, -0.2) is 7.11 Å². The van der Waals surface area contributed by atoms with Gasteiger partial charge in [0.05, 0.1) is 12.9 Å². The molecule has 1 rings (SSSR count). The van der Waals surface area contributed by atoms with Crippen molar-refractivity contribution in [2.45, 2.75) is 13.8 Å². The summed E-state index contributed by atoms with van der Waals surface area (Å²) in [6.07, 6.45) is 0. The Morgan fingerprint density at radius 2 is 1.67 bits per heavy atom. The van der Waals surface area contributed by atoms with E-state index in [9.17, 15) is 0 Å². The first-order valence-electron chi connectivity index (χ1n) is 4.02. The Morgan fingerprint density at radius 3 is 2.17 bits per heavy atom. The predicted octanol–water partition coefficient (Wildman–Crippen LogP) is 3.08.